The lowest BCUT2D eigenvalue weighted by molar-refractivity contribution is 0.0975. The molecule has 0 bridgehead atoms. The molecular weight excluding hydrogens is 367 g/mol. The molecule has 1 atom stereocenters. The number of hydrogen-bond acceptors (Lipinski definition) is 4. The average molecular weight is 399 g/mol. The molecule has 1 saturated carbocycles. The third-order valence-electron chi connectivity index (χ3n) is 7.14. The lowest BCUT2D eigenvalue weighted by Crippen LogP contribution is -2.44. The van der Waals surface area contributed by atoms with Gasteiger partial charge in [-0.05, 0) is 56.4 Å². The molecule has 1 aliphatic carbocycles. The SMILES string of the molecule is COC1CCN(C2CCN(c3cn(-c4ccc(F)cc4)nc3C3CCC3)CC2)C1. The van der Waals surface area contributed by atoms with E-state index in [1.807, 2.05) is 23.9 Å². The van der Waals surface area contributed by atoms with Crippen LogP contribution in [0.25, 0.3) is 5.69 Å². The molecule has 1 aromatic heterocycles. The highest BCUT2D eigenvalue weighted by atomic mass is 19.1. The molecular formula is C23H31FN4O. The van der Waals surface area contributed by atoms with E-state index in [-0.39, 0.29) is 5.82 Å². The quantitative estimate of drug-likeness (QED) is 0.763. The second kappa shape index (κ2) is 8.07. The zero-order valence-corrected chi connectivity index (χ0v) is 17.3. The molecule has 3 fully saturated rings. The maximum Gasteiger partial charge on any atom is 0.123 e. The van der Waals surface area contributed by atoms with Crippen molar-refractivity contribution in [1.82, 2.24) is 14.7 Å². The number of anilines is 1. The summed E-state index contributed by atoms with van der Waals surface area (Å²) in [4.78, 5) is 5.15. The molecule has 1 unspecified atom stereocenters. The highest BCUT2D eigenvalue weighted by Gasteiger charge is 2.33. The Balaban J connectivity index is 1.32. The second-order valence-electron chi connectivity index (χ2n) is 8.81. The minimum Gasteiger partial charge on any atom is -0.380 e. The van der Waals surface area contributed by atoms with Crippen LogP contribution in [0.3, 0.4) is 0 Å². The van der Waals surface area contributed by atoms with E-state index in [2.05, 4.69) is 16.0 Å². The fraction of sp³-hybridized carbons (Fsp3) is 0.609. The standard InChI is InChI=1S/C23H31FN4O/c1-29-21-11-14-27(15-21)19-9-12-26(13-10-19)22-16-28(20-7-5-18(24)6-8-20)25-23(22)17-3-2-4-17/h5-8,16-17,19,21H,2-4,9-15H2,1H3. The van der Waals surface area contributed by atoms with Crippen LogP contribution in [0.4, 0.5) is 10.1 Å². The topological polar surface area (TPSA) is 33.5 Å². The van der Waals surface area contributed by atoms with E-state index in [0.29, 0.717) is 18.1 Å². The number of halogens is 1. The molecule has 0 N–H and O–H groups in total. The molecule has 3 aliphatic rings. The predicted octanol–water partition coefficient (Wildman–Crippen LogP) is 3.97. The van der Waals surface area contributed by atoms with Crippen molar-refractivity contribution in [2.24, 2.45) is 0 Å². The van der Waals surface area contributed by atoms with E-state index in [9.17, 15) is 4.39 Å². The Kier molecular flexibility index (Phi) is 5.31. The van der Waals surface area contributed by atoms with Crippen LogP contribution in [0.2, 0.25) is 0 Å². The van der Waals surface area contributed by atoms with Gasteiger partial charge in [0, 0.05) is 45.2 Å². The maximum absolute atomic E-state index is 13.3. The normalized spacial score (nSPS) is 24.2. The minimum absolute atomic E-state index is 0.208. The first-order chi connectivity index (χ1) is 14.2. The minimum atomic E-state index is -0.208. The number of likely N-dealkylation sites (tertiary alicyclic amines) is 1. The van der Waals surface area contributed by atoms with Crippen molar-refractivity contribution in [1.29, 1.82) is 0 Å². The van der Waals surface area contributed by atoms with Crippen LogP contribution >= 0.6 is 0 Å². The van der Waals surface area contributed by atoms with E-state index >= 15 is 0 Å². The number of rotatable bonds is 5. The molecule has 2 aromatic rings. The third-order valence-corrected chi connectivity index (χ3v) is 7.14. The Labute approximate surface area is 172 Å². The van der Waals surface area contributed by atoms with Gasteiger partial charge in [-0.25, -0.2) is 9.07 Å². The van der Waals surface area contributed by atoms with E-state index in [1.165, 1.54) is 62.2 Å². The number of nitrogens with zero attached hydrogens (tertiary/aromatic N) is 4. The highest BCUT2D eigenvalue weighted by molar-refractivity contribution is 5.54. The number of benzene rings is 1. The molecule has 2 saturated heterocycles. The van der Waals surface area contributed by atoms with Gasteiger partial charge >= 0.3 is 0 Å². The number of aromatic nitrogens is 2. The largest absolute Gasteiger partial charge is 0.380 e. The second-order valence-corrected chi connectivity index (χ2v) is 8.81. The Morgan fingerprint density at radius 3 is 2.38 bits per heavy atom. The van der Waals surface area contributed by atoms with Crippen LogP contribution in [-0.4, -0.2) is 60.1 Å². The molecule has 0 spiro atoms. The average Bonchev–Trinajstić information content (AvgIpc) is 3.35. The van der Waals surface area contributed by atoms with Crippen LogP contribution in [0.15, 0.2) is 30.5 Å². The van der Waals surface area contributed by atoms with Crippen LogP contribution in [0.1, 0.15) is 50.1 Å². The summed E-state index contributed by atoms with van der Waals surface area (Å²) >= 11 is 0. The summed E-state index contributed by atoms with van der Waals surface area (Å²) in [6.07, 6.45) is 9.89. The zero-order valence-electron chi connectivity index (χ0n) is 17.3. The molecule has 29 heavy (non-hydrogen) atoms. The van der Waals surface area contributed by atoms with Gasteiger partial charge in [0.15, 0.2) is 0 Å². The molecule has 5 rings (SSSR count). The lowest BCUT2D eigenvalue weighted by atomic mass is 9.82. The molecule has 156 valence electrons. The molecule has 1 aromatic carbocycles. The van der Waals surface area contributed by atoms with Gasteiger partial charge in [0.1, 0.15) is 5.82 Å². The Bertz CT molecular complexity index is 824. The van der Waals surface area contributed by atoms with Gasteiger partial charge in [0.2, 0.25) is 0 Å². The van der Waals surface area contributed by atoms with Crippen molar-refractivity contribution in [2.45, 2.75) is 56.6 Å². The van der Waals surface area contributed by atoms with Gasteiger partial charge in [-0.3, -0.25) is 4.90 Å². The molecule has 3 heterocycles. The summed E-state index contributed by atoms with van der Waals surface area (Å²) in [5, 5.41) is 4.95. The fourth-order valence-electron chi connectivity index (χ4n) is 5.07. The number of piperidine rings is 1. The smallest absolute Gasteiger partial charge is 0.123 e. The third kappa shape index (κ3) is 3.80. The van der Waals surface area contributed by atoms with Crippen molar-refractivity contribution in [3.63, 3.8) is 0 Å². The Hall–Kier alpha value is -1.92. The van der Waals surface area contributed by atoms with Crippen LogP contribution in [0, 0.1) is 5.82 Å². The Morgan fingerprint density at radius 2 is 1.76 bits per heavy atom. The molecule has 0 radical (unpaired) electrons. The van der Waals surface area contributed by atoms with Crippen molar-refractivity contribution in [3.05, 3.63) is 42.0 Å². The first-order valence-electron chi connectivity index (χ1n) is 11.1. The van der Waals surface area contributed by atoms with Crippen molar-refractivity contribution >= 4 is 5.69 Å². The molecule has 0 amide bonds. The van der Waals surface area contributed by atoms with Gasteiger partial charge in [-0.1, -0.05) is 6.42 Å². The van der Waals surface area contributed by atoms with Gasteiger partial charge in [-0.2, -0.15) is 5.10 Å². The van der Waals surface area contributed by atoms with Gasteiger partial charge in [0.05, 0.1) is 29.4 Å². The monoisotopic (exact) mass is 398 g/mol. The number of ether oxygens (including phenoxy) is 1. The molecule has 6 heteroatoms. The highest BCUT2D eigenvalue weighted by Crippen LogP contribution is 2.41. The van der Waals surface area contributed by atoms with Gasteiger partial charge < -0.3 is 9.64 Å². The predicted molar refractivity (Wildman–Crippen MR) is 112 cm³/mol. The summed E-state index contributed by atoms with van der Waals surface area (Å²) in [7, 11) is 1.83. The van der Waals surface area contributed by atoms with E-state index in [1.54, 1.807) is 0 Å². The van der Waals surface area contributed by atoms with Crippen molar-refractivity contribution in [2.75, 3.05) is 38.2 Å². The van der Waals surface area contributed by atoms with Crippen molar-refractivity contribution < 1.29 is 9.13 Å². The summed E-state index contributed by atoms with van der Waals surface area (Å²) in [5.74, 6) is 0.366. The summed E-state index contributed by atoms with van der Waals surface area (Å²) in [5.41, 5.74) is 3.45. The fourth-order valence-corrected chi connectivity index (χ4v) is 5.07. The maximum atomic E-state index is 13.3. The first kappa shape index (κ1) is 19.1. The van der Waals surface area contributed by atoms with Crippen LogP contribution in [0.5, 0.6) is 0 Å². The van der Waals surface area contributed by atoms with Crippen LogP contribution in [-0.2, 0) is 4.74 Å². The first-order valence-corrected chi connectivity index (χ1v) is 11.1. The van der Waals surface area contributed by atoms with E-state index < -0.39 is 0 Å². The molecule has 2 aliphatic heterocycles. The van der Waals surface area contributed by atoms with Crippen molar-refractivity contribution in [3.8, 4) is 5.69 Å². The zero-order chi connectivity index (χ0) is 19.8. The van der Waals surface area contributed by atoms with Gasteiger partial charge in [0.25, 0.3) is 0 Å². The lowest BCUT2D eigenvalue weighted by Gasteiger charge is -2.38. The number of methoxy groups -OCH3 is 1. The summed E-state index contributed by atoms with van der Waals surface area (Å²) < 4.78 is 20.8. The summed E-state index contributed by atoms with van der Waals surface area (Å²) in [6.45, 7) is 4.40. The molecule has 5 nitrogen and oxygen atoms in total. The van der Waals surface area contributed by atoms with Gasteiger partial charge in [-0.15, -0.1) is 0 Å². The van der Waals surface area contributed by atoms with E-state index in [0.717, 1.165) is 31.7 Å². The van der Waals surface area contributed by atoms with E-state index in [4.69, 9.17) is 9.84 Å². The Morgan fingerprint density at radius 1 is 1.00 bits per heavy atom. The van der Waals surface area contributed by atoms with Crippen LogP contribution < -0.4 is 4.90 Å². The number of hydrogen-bond donors (Lipinski definition) is 0. The summed E-state index contributed by atoms with van der Waals surface area (Å²) in [6, 6.07) is 7.30.